The smallest absolute Gasteiger partial charge is 0.308 e. The maximum Gasteiger partial charge on any atom is 0.308 e. The molecule has 1 unspecified atom stereocenters. The van der Waals surface area contributed by atoms with Gasteiger partial charge in [-0.2, -0.15) is 0 Å². The van der Waals surface area contributed by atoms with Crippen LogP contribution in [-0.4, -0.2) is 28.4 Å². The van der Waals surface area contributed by atoms with Crippen LogP contribution >= 0.6 is 11.3 Å². The summed E-state index contributed by atoms with van der Waals surface area (Å²) in [6, 6.07) is 7.70. The summed E-state index contributed by atoms with van der Waals surface area (Å²) < 4.78 is 6.16. The van der Waals surface area contributed by atoms with E-state index in [0.717, 1.165) is 24.8 Å². The third-order valence-corrected chi connectivity index (χ3v) is 6.39. The van der Waals surface area contributed by atoms with Gasteiger partial charge >= 0.3 is 5.97 Å². The second-order valence-corrected chi connectivity index (χ2v) is 7.98. The first-order chi connectivity index (χ1) is 13.5. The number of rotatable bonds is 5. The van der Waals surface area contributed by atoms with Crippen LogP contribution in [0.2, 0.25) is 0 Å². The highest BCUT2D eigenvalue weighted by Crippen LogP contribution is 2.35. The van der Waals surface area contributed by atoms with Crippen molar-refractivity contribution in [3.8, 4) is 0 Å². The molecule has 6 nitrogen and oxygen atoms in total. The minimum Gasteiger partial charge on any atom is -0.469 e. The SMILES string of the molecule is COC(=O)CC(C(=O)c1ccccc1)n1c(C)nc2sc3c(c2c1=O)CCC3. The van der Waals surface area contributed by atoms with E-state index in [0.29, 0.717) is 21.6 Å². The fourth-order valence-electron chi connectivity index (χ4n) is 3.86. The summed E-state index contributed by atoms with van der Waals surface area (Å²) in [5.74, 6) is -0.420. The summed E-state index contributed by atoms with van der Waals surface area (Å²) >= 11 is 1.56. The first kappa shape index (κ1) is 18.6. The topological polar surface area (TPSA) is 78.3 Å². The first-order valence-corrected chi connectivity index (χ1v) is 10.0. The molecule has 0 amide bonds. The maximum atomic E-state index is 13.4. The number of hydrogen-bond acceptors (Lipinski definition) is 6. The second-order valence-electron chi connectivity index (χ2n) is 6.90. The van der Waals surface area contributed by atoms with E-state index in [1.807, 2.05) is 6.07 Å². The van der Waals surface area contributed by atoms with E-state index >= 15 is 0 Å². The van der Waals surface area contributed by atoms with Gasteiger partial charge in [-0.15, -0.1) is 11.3 Å². The number of esters is 1. The predicted octanol–water partition coefficient (Wildman–Crippen LogP) is 3.24. The average molecular weight is 396 g/mol. The number of ketones is 1. The number of aryl methyl sites for hydroxylation is 3. The Morgan fingerprint density at radius 3 is 2.71 bits per heavy atom. The lowest BCUT2D eigenvalue weighted by Crippen LogP contribution is -2.34. The monoisotopic (exact) mass is 396 g/mol. The van der Waals surface area contributed by atoms with E-state index in [-0.39, 0.29) is 17.8 Å². The molecule has 144 valence electrons. The van der Waals surface area contributed by atoms with Gasteiger partial charge in [-0.1, -0.05) is 30.3 Å². The Bertz CT molecular complexity index is 1130. The van der Waals surface area contributed by atoms with Crippen LogP contribution in [0.3, 0.4) is 0 Å². The van der Waals surface area contributed by atoms with Crippen molar-refractivity contribution in [2.24, 2.45) is 0 Å². The van der Waals surface area contributed by atoms with Gasteiger partial charge < -0.3 is 4.74 Å². The molecule has 2 aromatic heterocycles. The number of Topliss-reactive ketones (excluding diaryl/α,β-unsaturated/α-hetero) is 1. The maximum absolute atomic E-state index is 13.4. The van der Waals surface area contributed by atoms with Gasteiger partial charge in [0, 0.05) is 10.4 Å². The van der Waals surface area contributed by atoms with Crippen molar-refractivity contribution in [1.82, 2.24) is 9.55 Å². The van der Waals surface area contributed by atoms with Crippen LogP contribution < -0.4 is 5.56 Å². The lowest BCUT2D eigenvalue weighted by molar-refractivity contribution is -0.141. The fourth-order valence-corrected chi connectivity index (χ4v) is 5.16. The quantitative estimate of drug-likeness (QED) is 0.489. The van der Waals surface area contributed by atoms with E-state index < -0.39 is 12.0 Å². The molecule has 1 aliphatic carbocycles. The molecule has 1 aliphatic rings. The van der Waals surface area contributed by atoms with Crippen molar-refractivity contribution >= 4 is 33.3 Å². The molecule has 3 aromatic rings. The molecular weight excluding hydrogens is 376 g/mol. The molecule has 0 saturated carbocycles. The molecule has 0 bridgehead atoms. The lowest BCUT2D eigenvalue weighted by atomic mass is 10.0. The highest BCUT2D eigenvalue weighted by Gasteiger charge is 2.30. The van der Waals surface area contributed by atoms with Crippen LogP contribution in [0.4, 0.5) is 0 Å². The van der Waals surface area contributed by atoms with Crippen molar-refractivity contribution in [1.29, 1.82) is 0 Å². The third-order valence-electron chi connectivity index (χ3n) is 5.21. The molecule has 0 spiro atoms. The number of ether oxygens (including phenoxy) is 1. The molecule has 0 radical (unpaired) electrons. The standard InChI is InChI=1S/C21H20N2O4S/c1-12-22-20-18(14-9-6-10-16(14)28-20)21(26)23(12)15(11-17(24)27-2)19(25)13-7-4-3-5-8-13/h3-5,7-8,15H,6,9-11H2,1-2H3. The number of methoxy groups -OCH3 is 1. The van der Waals surface area contributed by atoms with Gasteiger partial charge in [0.25, 0.3) is 5.56 Å². The summed E-state index contributed by atoms with van der Waals surface area (Å²) in [6.45, 7) is 1.70. The van der Waals surface area contributed by atoms with Crippen molar-refractivity contribution in [2.75, 3.05) is 7.11 Å². The second kappa shape index (κ2) is 7.31. The normalized spacial score (nSPS) is 14.1. The van der Waals surface area contributed by atoms with Gasteiger partial charge in [-0.25, -0.2) is 4.98 Å². The third kappa shape index (κ3) is 3.05. The number of hydrogen-bond donors (Lipinski definition) is 0. The predicted molar refractivity (Wildman–Crippen MR) is 107 cm³/mol. The van der Waals surface area contributed by atoms with Crippen LogP contribution in [0.15, 0.2) is 35.1 Å². The Labute approximate surface area is 165 Å². The van der Waals surface area contributed by atoms with Crippen LogP contribution in [0.25, 0.3) is 10.2 Å². The Balaban J connectivity index is 1.90. The minimum absolute atomic E-state index is 0.218. The Morgan fingerprint density at radius 2 is 2.00 bits per heavy atom. The molecule has 4 rings (SSSR count). The van der Waals surface area contributed by atoms with Crippen LogP contribution in [0, 0.1) is 6.92 Å². The zero-order valence-electron chi connectivity index (χ0n) is 15.7. The largest absolute Gasteiger partial charge is 0.469 e. The fraction of sp³-hybridized carbons (Fsp3) is 0.333. The van der Waals surface area contributed by atoms with Gasteiger partial charge in [-0.3, -0.25) is 19.0 Å². The van der Waals surface area contributed by atoms with Crippen molar-refractivity contribution in [3.63, 3.8) is 0 Å². The number of carbonyl (C=O) groups excluding carboxylic acids is 2. The molecule has 1 aromatic carbocycles. The van der Waals surface area contributed by atoms with Crippen LogP contribution in [0.1, 0.15) is 45.5 Å². The molecule has 0 fully saturated rings. The molecule has 7 heteroatoms. The summed E-state index contributed by atoms with van der Waals surface area (Å²) in [5.41, 5.74) is 1.24. The zero-order chi connectivity index (χ0) is 19.8. The zero-order valence-corrected chi connectivity index (χ0v) is 16.5. The Hall–Kier alpha value is -2.80. The highest BCUT2D eigenvalue weighted by molar-refractivity contribution is 7.18. The van der Waals surface area contributed by atoms with E-state index in [2.05, 4.69) is 4.98 Å². The van der Waals surface area contributed by atoms with E-state index in [4.69, 9.17) is 4.74 Å². The lowest BCUT2D eigenvalue weighted by Gasteiger charge is -2.20. The van der Waals surface area contributed by atoms with Crippen LogP contribution in [0.5, 0.6) is 0 Å². The summed E-state index contributed by atoms with van der Waals surface area (Å²) in [6.07, 6.45) is 2.62. The molecule has 2 heterocycles. The minimum atomic E-state index is -0.990. The molecule has 0 aliphatic heterocycles. The van der Waals surface area contributed by atoms with Gasteiger partial charge in [-0.05, 0) is 31.7 Å². The van der Waals surface area contributed by atoms with Gasteiger partial charge in [0.1, 0.15) is 16.7 Å². The van der Waals surface area contributed by atoms with Gasteiger partial charge in [0.05, 0.1) is 18.9 Å². The number of thiophene rings is 1. The van der Waals surface area contributed by atoms with Crippen molar-refractivity contribution in [3.05, 3.63) is 62.5 Å². The molecule has 0 saturated heterocycles. The van der Waals surface area contributed by atoms with Crippen molar-refractivity contribution < 1.29 is 14.3 Å². The number of fused-ring (bicyclic) bond motifs is 3. The van der Waals surface area contributed by atoms with Crippen molar-refractivity contribution in [2.45, 2.75) is 38.6 Å². The molecule has 28 heavy (non-hydrogen) atoms. The average Bonchev–Trinajstić information content (AvgIpc) is 3.27. The van der Waals surface area contributed by atoms with E-state index in [1.54, 1.807) is 42.5 Å². The number of aromatic nitrogens is 2. The number of carbonyl (C=O) groups is 2. The highest BCUT2D eigenvalue weighted by atomic mass is 32.1. The van der Waals surface area contributed by atoms with E-state index in [1.165, 1.54) is 16.6 Å². The molecular formula is C21H20N2O4S. The number of benzene rings is 1. The Kier molecular flexibility index (Phi) is 4.85. The molecule has 1 atom stereocenters. The van der Waals surface area contributed by atoms with Gasteiger partial charge in [0.15, 0.2) is 5.78 Å². The van der Waals surface area contributed by atoms with Crippen LogP contribution in [-0.2, 0) is 22.4 Å². The summed E-state index contributed by atoms with van der Waals surface area (Å²) in [5, 5.41) is 0.596. The Morgan fingerprint density at radius 1 is 1.25 bits per heavy atom. The summed E-state index contributed by atoms with van der Waals surface area (Å²) in [4.78, 5) is 45.2. The van der Waals surface area contributed by atoms with E-state index in [9.17, 15) is 14.4 Å². The molecule has 0 N–H and O–H groups in total. The van der Waals surface area contributed by atoms with Gasteiger partial charge in [0.2, 0.25) is 0 Å². The first-order valence-electron chi connectivity index (χ1n) is 9.20. The summed E-state index contributed by atoms with van der Waals surface area (Å²) in [7, 11) is 1.27. The number of nitrogens with zero attached hydrogens (tertiary/aromatic N) is 2.